The summed E-state index contributed by atoms with van der Waals surface area (Å²) in [6.45, 7) is 1.79. The predicted octanol–water partition coefficient (Wildman–Crippen LogP) is 0.949. The van der Waals surface area contributed by atoms with Crippen molar-refractivity contribution in [1.82, 2.24) is 9.99 Å². The molecule has 1 aromatic carbocycles. The van der Waals surface area contributed by atoms with Crippen LogP contribution in [0.25, 0.3) is 11.1 Å². The van der Waals surface area contributed by atoms with Crippen molar-refractivity contribution in [2.75, 3.05) is 23.8 Å². The van der Waals surface area contributed by atoms with Gasteiger partial charge in [0.1, 0.15) is 17.4 Å². The second kappa shape index (κ2) is 6.87. The number of halogens is 1. The summed E-state index contributed by atoms with van der Waals surface area (Å²) in [7, 11) is 0. The van der Waals surface area contributed by atoms with Crippen molar-refractivity contribution in [3.8, 4) is 11.1 Å². The van der Waals surface area contributed by atoms with Crippen LogP contribution in [0.4, 0.5) is 14.9 Å². The molecule has 2 amide bonds. The molecule has 0 spiro atoms. The van der Waals surface area contributed by atoms with E-state index >= 15 is 0 Å². The Kier molecular flexibility index (Phi) is 4.61. The quantitative estimate of drug-likeness (QED) is 0.705. The van der Waals surface area contributed by atoms with E-state index in [1.54, 1.807) is 12.1 Å². The zero-order valence-electron chi connectivity index (χ0n) is 14.0. The largest absolute Gasteiger partial charge is 0.442 e. The lowest BCUT2D eigenvalue weighted by atomic mass is 10.1. The van der Waals surface area contributed by atoms with Crippen LogP contribution < -0.4 is 21.5 Å². The highest BCUT2D eigenvalue weighted by atomic mass is 19.1. The van der Waals surface area contributed by atoms with Crippen LogP contribution in [0.1, 0.15) is 6.92 Å². The molecule has 3 rings (SSSR count). The number of pyridine rings is 1. The van der Waals surface area contributed by atoms with Gasteiger partial charge in [0.05, 0.1) is 18.8 Å². The predicted molar refractivity (Wildman–Crippen MR) is 92.1 cm³/mol. The molecule has 2 heterocycles. The van der Waals surface area contributed by atoms with E-state index in [0.29, 0.717) is 16.8 Å². The number of hydrogen-bond acceptors (Lipinski definition) is 5. The number of anilines is 1. The van der Waals surface area contributed by atoms with Gasteiger partial charge in [-0.2, -0.15) is 0 Å². The lowest BCUT2D eigenvalue weighted by Gasteiger charge is -2.14. The molecule has 1 aromatic heterocycles. The monoisotopic (exact) mass is 359 g/mol. The third-order valence-electron chi connectivity index (χ3n) is 4.01. The number of nitrogen functional groups attached to an aromatic ring is 1. The Balaban J connectivity index is 1.81. The second-order valence-electron chi connectivity index (χ2n) is 5.93. The highest BCUT2D eigenvalue weighted by Gasteiger charge is 2.32. The topological polar surface area (TPSA) is 113 Å². The summed E-state index contributed by atoms with van der Waals surface area (Å²) in [4.78, 5) is 24.3. The van der Waals surface area contributed by atoms with E-state index < -0.39 is 18.0 Å². The highest BCUT2D eigenvalue weighted by Crippen LogP contribution is 2.28. The molecule has 0 unspecified atom stereocenters. The summed E-state index contributed by atoms with van der Waals surface area (Å²) in [5.41, 5.74) is 1.20. The van der Waals surface area contributed by atoms with Gasteiger partial charge in [-0.15, -0.1) is 0 Å². The van der Waals surface area contributed by atoms with E-state index in [9.17, 15) is 14.0 Å². The first-order valence-corrected chi connectivity index (χ1v) is 7.90. The fourth-order valence-corrected chi connectivity index (χ4v) is 2.68. The lowest BCUT2D eigenvalue weighted by molar-refractivity contribution is -0.119. The molecule has 1 atom stereocenters. The molecule has 1 fully saturated rings. The van der Waals surface area contributed by atoms with Crippen LogP contribution >= 0.6 is 0 Å². The molecular formula is C17H18FN5O3. The van der Waals surface area contributed by atoms with Gasteiger partial charge in [0.25, 0.3) is 0 Å². The smallest absolute Gasteiger partial charge is 0.414 e. The second-order valence-corrected chi connectivity index (χ2v) is 5.93. The third kappa shape index (κ3) is 3.51. The fourth-order valence-electron chi connectivity index (χ4n) is 2.68. The first-order valence-electron chi connectivity index (χ1n) is 7.90. The summed E-state index contributed by atoms with van der Waals surface area (Å²) in [5, 5.41) is 10.3. The van der Waals surface area contributed by atoms with Gasteiger partial charge in [0, 0.05) is 18.7 Å². The molecule has 9 heteroatoms. The highest BCUT2D eigenvalue weighted by molar-refractivity contribution is 5.90. The van der Waals surface area contributed by atoms with Crippen molar-refractivity contribution in [1.29, 1.82) is 5.41 Å². The van der Waals surface area contributed by atoms with Crippen LogP contribution in [0.5, 0.6) is 0 Å². The first kappa shape index (κ1) is 17.5. The summed E-state index contributed by atoms with van der Waals surface area (Å²) < 4.78 is 20.9. The summed E-state index contributed by atoms with van der Waals surface area (Å²) in [6, 6.07) is 7.43. The number of carbonyl (C=O) groups excluding carboxylic acids is 2. The maximum Gasteiger partial charge on any atom is 0.414 e. The van der Waals surface area contributed by atoms with Gasteiger partial charge >= 0.3 is 6.09 Å². The summed E-state index contributed by atoms with van der Waals surface area (Å²) >= 11 is 0. The van der Waals surface area contributed by atoms with E-state index in [2.05, 4.69) is 5.32 Å². The van der Waals surface area contributed by atoms with Crippen LogP contribution in [-0.4, -0.2) is 35.9 Å². The van der Waals surface area contributed by atoms with E-state index in [4.69, 9.17) is 16.0 Å². The SMILES string of the molecule is CC(=O)NC[C@H]1CN(c2ccc(-c3ccn(N)c(=N)c3)c(F)c2)C(=O)O1. The average Bonchev–Trinajstić information content (AvgIpc) is 2.96. The normalized spacial score (nSPS) is 16.5. The van der Waals surface area contributed by atoms with E-state index in [0.717, 1.165) is 4.68 Å². The fraction of sp³-hybridized carbons (Fsp3) is 0.235. The Labute approximate surface area is 148 Å². The Morgan fingerprint density at radius 2 is 2.19 bits per heavy atom. The van der Waals surface area contributed by atoms with Gasteiger partial charge in [-0.1, -0.05) is 0 Å². The minimum atomic E-state index is -0.593. The zero-order valence-corrected chi connectivity index (χ0v) is 14.0. The van der Waals surface area contributed by atoms with Gasteiger partial charge in [0.15, 0.2) is 0 Å². The number of aromatic nitrogens is 1. The van der Waals surface area contributed by atoms with Crippen LogP contribution in [0, 0.1) is 11.2 Å². The summed E-state index contributed by atoms with van der Waals surface area (Å²) in [5.74, 6) is 4.78. The Morgan fingerprint density at radius 3 is 2.85 bits per heavy atom. The molecular weight excluding hydrogens is 341 g/mol. The van der Waals surface area contributed by atoms with Crippen molar-refractivity contribution in [2.45, 2.75) is 13.0 Å². The first-order chi connectivity index (χ1) is 12.3. The number of nitrogens with two attached hydrogens (primary N) is 1. The maximum atomic E-state index is 14.6. The molecule has 1 saturated heterocycles. The maximum absolute atomic E-state index is 14.6. The molecule has 1 aliphatic heterocycles. The van der Waals surface area contributed by atoms with Gasteiger partial charge in [0.2, 0.25) is 5.91 Å². The standard InChI is InChI=1S/C17H18FN5O3/c1-10(24)21-8-13-9-22(17(25)26-13)12-2-3-14(15(18)7-12)11-4-5-23(20)16(19)6-11/h2-7,13,19H,8-9,20H2,1H3,(H,21,24)/t13-/m0/s1. The van der Waals surface area contributed by atoms with Crippen molar-refractivity contribution < 1.29 is 18.7 Å². The molecule has 8 nitrogen and oxygen atoms in total. The van der Waals surface area contributed by atoms with Crippen LogP contribution in [0.2, 0.25) is 0 Å². The Bertz CT molecular complexity index is 927. The average molecular weight is 359 g/mol. The summed E-state index contributed by atoms with van der Waals surface area (Å²) in [6.07, 6.45) is 0.383. The number of hydrogen-bond donors (Lipinski definition) is 3. The van der Waals surface area contributed by atoms with Gasteiger partial charge in [-0.25, -0.2) is 9.18 Å². The number of nitrogens with zero attached hydrogens (tertiary/aromatic N) is 2. The number of nitrogens with one attached hydrogen (secondary N) is 2. The molecule has 26 heavy (non-hydrogen) atoms. The number of ether oxygens (including phenoxy) is 1. The minimum absolute atomic E-state index is 0.0370. The molecule has 0 aliphatic carbocycles. The van der Waals surface area contributed by atoms with Crippen LogP contribution in [-0.2, 0) is 9.53 Å². The Hall–Kier alpha value is -3.36. The number of rotatable bonds is 4. The van der Waals surface area contributed by atoms with Crippen molar-refractivity contribution in [3.63, 3.8) is 0 Å². The number of carbonyl (C=O) groups is 2. The molecule has 1 aliphatic rings. The van der Waals surface area contributed by atoms with E-state index in [1.807, 2.05) is 0 Å². The van der Waals surface area contributed by atoms with Gasteiger partial charge in [-0.05, 0) is 35.9 Å². The molecule has 0 radical (unpaired) electrons. The number of cyclic esters (lactones) is 1. The van der Waals surface area contributed by atoms with E-state index in [1.165, 1.54) is 36.2 Å². The van der Waals surface area contributed by atoms with Crippen LogP contribution in [0.3, 0.4) is 0 Å². The number of benzene rings is 1. The Morgan fingerprint density at radius 1 is 1.42 bits per heavy atom. The molecule has 0 saturated carbocycles. The molecule has 0 bridgehead atoms. The molecule has 4 N–H and O–H groups in total. The van der Waals surface area contributed by atoms with Crippen LogP contribution in [0.15, 0.2) is 36.5 Å². The molecule has 2 aromatic rings. The van der Waals surface area contributed by atoms with Gasteiger partial charge < -0.3 is 15.9 Å². The number of amides is 2. The van der Waals surface area contributed by atoms with Crippen molar-refractivity contribution in [2.24, 2.45) is 0 Å². The molecule has 136 valence electrons. The van der Waals surface area contributed by atoms with Gasteiger partial charge in [-0.3, -0.25) is 19.8 Å². The minimum Gasteiger partial charge on any atom is -0.442 e. The zero-order chi connectivity index (χ0) is 18.8. The van der Waals surface area contributed by atoms with Crippen molar-refractivity contribution in [3.05, 3.63) is 47.8 Å². The lowest BCUT2D eigenvalue weighted by Crippen LogP contribution is -2.33. The third-order valence-corrected chi connectivity index (χ3v) is 4.01. The van der Waals surface area contributed by atoms with E-state index in [-0.39, 0.29) is 24.5 Å². The van der Waals surface area contributed by atoms with Crippen molar-refractivity contribution >= 4 is 17.7 Å².